The maximum atomic E-state index is 11.8. The predicted octanol–water partition coefficient (Wildman–Crippen LogP) is 1.51. The molecule has 0 saturated carbocycles. The molecular formula is C6H3F3NOS. The van der Waals surface area contributed by atoms with Crippen molar-refractivity contribution in [3.05, 3.63) is 24.5 Å². The highest BCUT2D eigenvalue weighted by molar-refractivity contribution is 7.92. The van der Waals surface area contributed by atoms with Crippen molar-refractivity contribution in [3.63, 3.8) is 0 Å². The SMILES string of the molecule is [O-][S+](c1[c]nccc1)C(F)(F)F. The summed E-state index contributed by atoms with van der Waals surface area (Å²) in [5.74, 6) is 0. The van der Waals surface area contributed by atoms with Crippen LogP contribution < -0.4 is 0 Å². The number of alkyl halides is 3. The van der Waals surface area contributed by atoms with E-state index in [1.54, 1.807) is 0 Å². The topological polar surface area (TPSA) is 36.0 Å². The zero-order valence-corrected chi connectivity index (χ0v) is 6.45. The molecule has 1 rings (SSSR count). The molecule has 2 nitrogen and oxygen atoms in total. The van der Waals surface area contributed by atoms with E-state index in [2.05, 4.69) is 4.98 Å². The van der Waals surface area contributed by atoms with Crippen LogP contribution in [0.15, 0.2) is 23.2 Å². The maximum Gasteiger partial charge on any atom is 0.578 e. The van der Waals surface area contributed by atoms with E-state index in [-0.39, 0.29) is 0 Å². The summed E-state index contributed by atoms with van der Waals surface area (Å²) in [4.78, 5) is 2.85. The minimum atomic E-state index is -4.74. The van der Waals surface area contributed by atoms with E-state index < -0.39 is 21.6 Å². The van der Waals surface area contributed by atoms with Gasteiger partial charge in [-0.2, -0.15) is 0 Å². The average Bonchev–Trinajstić information content (AvgIpc) is 2.03. The van der Waals surface area contributed by atoms with Crippen LogP contribution in [-0.2, 0) is 11.2 Å². The Morgan fingerprint density at radius 2 is 2.17 bits per heavy atom. The minimum Gasteiger partial charge on any atom is -0.604 e. The second-order valence-electron chi connectivity index (χ2n) is 1.83. The highest BCUT2D eigenvalue weighted by Crippen LogP contribution is 2.28. The minimum absolute atomic E-state index is 0.454. The molecule has 1 aromatic rings. The van der Waals surface area contributed by atoms with Crippen LogP contribution in [-0.4, -0.2) is 15.0 Å². The molecule has 0 aliphatic rings. The number of aromatic nitrogens is 1. The van der Waals surface area contributed by atoms with Crippen molar-refractivity contribution in [3.8, 4) is 0 Å². The molecule has 1 aromatic heterocycles. The van der Waals surface area contributed by atoms with Gasteiger partial charge in [0.2, 0.25) is 0 Å². The number of halogens is 3. The summed E-state index contributed by atoms with van der Waals surface area (Å²) in [7, 11) is 0. The van der Waals surface area contributed by atoms with Gasteiger partial charge in [-0.1, -0.05) is 0 Å². The Morgan fingerprint density at radius 1 is 1.50 bits per heavy atom. The van der Waals surface area contributed by atoms with Gasteiger partial charge in [0, 0.05) is 6.20 Å². The number of hydrogen-bond acceptors (Lipinski definition) is 2. The Balaban J connectivity index is 2.86. The van der Waals surface area contributed by atoms with Crippen molar-refractivity contribution in [2.24, 2.45) is 0 Å². The summed E-state index contributed by atoms with van der Waals surface area (Å²) in [6.07, 6.45) is 3.27. The fraction of sp³-hybridized carbons (Fsp3) is 0.167. The van der Waals surface area contributed by atoms with Crippen LogP contribution in [0.1, 0.15) is 0 Å². The molecule has 1 atom stereocenters. The first-order chi connectivity index (χ1) is 5.52. The summed E-state index contributed by atoms with van der Waals surface area (Å²) in [5.41, 5.74) is -4.74. The molecule has 0 fully saturated rings. The Bertz CT molecular complexity index is 251. The van der Waals surface area contributed by atoms with Crippen LogP contribution in [0.25, 0.3) is 0 Å². The van der Waals surface area contributed by atoms with Gasteiger partial charge in [0.15, 0.2) is 4.90 Å². The molecule has 0 N–H and O–H groups in total. The quantitative estimate of drug-likeness (QED) is 0.635. The van der Waals surface area contributed by atoms with Crippen molar-refractivity contribution in [1.82, 2.24) is 4.98 Å². The number of pyridine rings is 1. The molecular weight excluding hydrogens is 191 g/mol. The Labute approximate surface area is 69.6 Å². The molecule has 0 bridgehead atoms. The van der Waals surface area contributed by atoms with Gasteiger partial charge in [0.05, 0.1) is 0 Å². The smallest absolute Gasteiger partial charge is 0.578 e. The van der Waals surface area contributed by atoms with Gasteiger partial charge in [-0.25, -0.2) is 4.98 Å². The van der Waals surface area contributed by atoms with E-state index in [0.717, 1.165) is 6.07 Å². The molecule has 0 amide bonds. The molecule has 12 heavy (non-hydrogen) atoms. The molecule has 0 saturated heterocycles. The van der Waals surface area contributed by atoms with Gasteiger partial charge < -0.3 is 4.55 Å². The van der Waals surface area contributed by atoms with Gasteiger partial charge in [0.1, 0.15) is 17.4 Å². The van der Waals surface area contributed by atoms with Gasteiger partial charge in [-0.3, -0.25) is 0 Å². The van der Waals surface area contributed by atoms with Crippen LogP contribution in [0.2, 0.25) is 0 Å². The summed E-state index contributed by atoms with van der Waals surface area (Å²) >= 11 is -3.02. The van der Waals surface area contributed by atoms with Gasteiger partial charge in [-0.05, 0) is 12.1 Å². The molecule has 0 aliphatic heterocycles. The zero-order valence-electron chi connectivity index (χ0n) is 5.63. The fourth-order valence-electron chi connectivity index (χ4n) is 0.540. The van der Waals surface area contributed by atoms with Gasteiger partial charge in [0.25, 0.3) is 0 Å². The summed E-state index contributed by atoms with van der Waals surface area (Å²) in [6, 6.07) is 2.34. The molecule has 65 valence electrons. The normalized spacial score (nSPS) is 14.3. The van der Waals surface area contributed by atoms with Crippen molar-refractivity contribution < 1.29 is 17.7 Å². The third-order valence-corrected chi connectivity index (χ3v) is 2.04. The van der Waals surface area contributed by atoms with E-state index >= 15 is 0 Å². The van der Waals surface area contributed by atoms with Crippen molar-refractivity contribution in [2.45, 2.75) is 10.4 Å². The first-order valence-electron chi connectivity index (χ1n) is 2.83. The van der Waals surface area contributed by atoms with E-state index in [4.69, 9.17) is 0 Å². The maximum absolute atomic E-state index is 11.8. The summed E-state index contributed by atoms with van der Waals surface area (Å²) in [5, 5.41) is 0. The highest BCUT2D eigenvalue weighted by Gasteiger charge is 2.46. The van der Waals surface area contributed by atoms with Gasteiger partial charge >= 0.3 is 5.51 Å². The third-order valence-electron chi connectivity index (χ3n) is 0.993. The first kappa shape index (κ1) is 9.34. The largest absolute Gasteiger partial charge is 0.604 e. The van der Waals surface area contributed by atoms with Gasteiger partial charge in [-0.15, -0.1) is 13.2 Å². The van der Waals surface area contributed by atoms with Crippen LogP contribution in [0, 0.1) is 6.20 Å². The van der Waals surface area contributed by atoms with Crippen LogP contribution in [0.5, 0.6) is 0 Å². The standard InChI is InChI=1S/C6H3F3NOS/c7-6(8,9)12(11)5-2-1-3-10-4-5/h1-3H. The first-order valence-corrected chi connectivity index (χ1v) is 3.98. The molecule has 1 unspecified atom stereocenters. The molecule has 6 heteroatoms. The van der Waals surface area contributed by atoms with Crippen molar-refractivity contribution >= 4 is 11.2 Å². The lowest BCUT2D eigenvalue weighted by molar-refractivity contribution is -0.0435. The molecule has 0 spiro atoms. The summed E-state index contributed by atoms with van der Waals surface area (Å²) in [6.45, 7) is 0. The predicted molar refractivity (Wildman–Crippen MR) is 35.5 cm³/mol. The summed E-state index contributed by atoms with van der Waals surface area (Å²) < 4.78 is 45.9. The van der Waals surface area contributed by atoms with Crippen LogP contribution >= 0.6 is 0 Å². The second kappa shape index (κ2) is 3.32. The van der Waals surface area contributed by atoms with E-state index in [1.165, 1.54) is 12.3 Å². The number of nitrogens with zero attached hydrogens (tertiary/aromatic N) is 1. The fourth-order valence-corrected chi connectivity index (χ4v) is 1.13. The molecule has 1 radical (unpaired) electrons. The number of rotatable bonds is 1. The van der Waals surface area contributed by atoms with Crippen LogP contribution in [0.3, 0.4) is 0 Å². The van der Waals surface area contributed by atoms with Crippen molar-refractivity contribution in [1.29, 1.82) is 0 Å². The third kappa shape index (κ3) is 2.12. The lowest BCUT2D eigenvalue weighted by atomic mass is 10.5. The Kier molecular flexibility index (Phi) is 2.58. The van der Waals surface area contributed by atoms with E-state index in [9.17, 15) is 17.7 Å². The van der Waals surface area contributed by atoms with Crippen LogP contribution in [0.4, 0.5) is 13.2 Å². The highest BCUT2D eigenvalue weighted by atomic mass is 32.2. The molecule has 1 heterocycles. The molecule has 0 aliphatic carbocycles. The number of hydrogen-bond donors (Lipinski definition) is 0. The zero-order chi connectivity index (χ0) is 9.19. The second-order valence-corrected chi connectivity index (χ2v) is 3.27. The lowest BCUT2D eigenvalue weighted by Crippen LogP contribution is -2.23. The Hall–Kier alpha value is -0.750. The average molecular weight is 194 g/mol. The van der Waals surface area contributed by atoms with E-state index in [1.807, 2.05) is 6.20 Å². The van der Waals surface area contributed by atoms with E-state index in [0.29, 0.717) is 0 Å². The monoisotopic (exact) mass is 194 g/mol. The Morgan fingerprint density at radius 3 is 2.58 bits per heavy atom. The molecule has 0 aromatic carbocycles. The van der Waals surface area contributed by atoms with Crippen molar-refractivity contribution in [2.75, 3.05) is 0 Å². The lowest BCUT2D eigenvalue weighted by Gasteiger charge is -2.10.